The van der Waals surface area contributed by atoms with Crippen LogP contribution in [0, 0.1) is 0 Å². The largest absolute Gasteiger partial charge is 0.481 e. The van der Waals surface area contributed by atoms with Crippen LogP contribution in [0.25, 0.3) is 0 Å². The number of hydrogen-bond donors (Lipinski definition) is 2. The number of aliphatic carboxylic acids is 1. The summed E-state index contributed by atoms with van der Waals surface area (Å²) in [5, 5.41) is 12.1. The number of urea groups is 1. The molecular weight excluding hydrogens is 468 g/mol. The molecule has 0 heterocycles. The lowest BCUT2D eigenvalue weighted by Gasteiger charge is -2.30. The number of hydrogen-bond acceptors (Lipinski definition) is 3. The molecule has 0 saturated heterocycles. The quantitative estimate of drug-likeness (QED) is 0.234. The maximum Gasteiger partial charge on any atom is 0.322 e. The van der Waals surface area contributed by atoms with Crippen molar-refractivity contribution in [1.29, 1.82) is 0 Å². The number of carbonyl (C=O) groups excluding carboxylic acids is 1. The van der Waals surface area contributed by atoms with Gasteiger partial charge in [0.1, 0.15) is 0 Å². The van der Waals surface area contributed by atoms with E-state index in [1.807, 2.05) is 83.8 Å². The molecule has 3 rings (SSSR count). The standard InChI is InChI=1S/C30H36N2O3S/c1-3-4-5-6-10-20-31-30(35)32(23(2)25-12-8-7-9-13-25)26-14-11-15-28(22-26)36-27-18-16-24(17-19-27)21-29(33)34/h7-9,11-19,22-23H,3-6,10,20-21H2,1-2H3,(H,31,35)(H,33,34). The van der Waals surface area contributed by atoms with Crippen molar-refractivity contribution in [1.82, 2.24) is 5.32 Å². The van der Waals surface area contributed by atoms with Gasteiger partial charge in [0.05, 0.1) is 12.5 Å². The molecule has 5 nitrogen and oxygen atoms in total. The van der Waals surface area contributed by atoms with Crippen LogP contribution in [0.5, 0.6) is 0 Å². The van der Waals surface area contributed by atoms with E-state index in [9.17, 15) is 9.59 Å². The Bertz CT molecular complexity index is 1100. The lowest BCUT2D eigenvalue weighted by molar-refractivity contribution is -0.136. The summed E-state index contributed by atoms with van der Waals surface area (Å²) in [6, 6.07) is 25.4. The minimum Gasteiger partial charge on any atom is -0.481 e. The van der Waals surface area contributed by atoms with E-state index in [4.69, 9.17) is 5.11 Å². The van der Waals surface area contributed by atoms with Gasteiger partial charge in [0, 0.05) is 22.0 Å². The molecule has 0 saturated carbocycles. The predicted octanol–water partition coefficient (Wildman–Crippen LogP) is 7.71. The lowest BCUT2D eigenvalue weighted by Crippen LogP contribution is -2.42. The highest BCUT2D eigenvalue weighted by Gasteiger charge is 2.23. The fourth-order valence-electron chi connectivity index (χ4n) is 4.09. The number of amides is 2. The number of carboxylic acids is 1. The number of nitrogens with zero attached hydrogens (tertiary/aromatic N) is 1. The van der Waals surface area contributed by atoms with E-state index in [0.717, 1.165) is 39.4 Å². The lowest BCUT2D eigenvalue weighted by atomic mass is 10.1. The van der Waals surface area contributed by atoms with Crippen LogP contribution in [-0.2, 0) is 11.2 Å². The molecule has 0 aliphatic carbocycles. The summed E-state index contributed by atoms with van der Waals surface area (Å²) in [4.78, 5) is 28.2. The van der Waals surface area contributed by atoms with Crippen LogP contribution >= 0.6 is 11.8 Å². The molecule has 0 radical (unpaired) electrons. The third-order valence-electron chi connectivity index (χ3n) is 6.05. The van der Waals surface area contributed by atoms with Gasteiger partial charge in [-0.25, -0.2) is 4.79 Å². The molecule has 0 spiro atoms. The van der Waals surface area contributed by atoms with Crippen LogP contribution in [0.4, 0.5) is 10.5 Å². The van der Waals surface area contributed by atoms with Gasteiger partial charge in [-0.1, -0.05) is 92.9 Å². The maximum absolute atomic E-state index is 13.4. The highest BCUT2D eigenvalue weighted by molar-refractivity contribution is 7.99. The summed E-state index contributed by atoms with van der Waals surface area (Å²) >= 11 is 1.59. The van der Waals surface area contributed by atoms with E-state index >= 15 is 0 Å². The average molecular weight is 505 g/mol. The minimum atomic E-state index is -0.838. The Balaban J connectivity index is 1.76. The normalized spacial score (nSPS) is 11.6. The molecule has 36 heavy (non-hydrogen) atoms. The van der Waals surface area contributed by atoms with E-state index in [1.54, 1.807) is 11.8 Å². The van der Waals surface area contributed by atoms with Crippen LogP contribution in [-0.4, -0.2) is 23.7 Å². The van der Waals surface area contributed by atoms with Gasteiger partial charge in [0.25, 0.3) is 0 Å². The maximum atomic E-state index is 13.4. The Morgan fingerprint density at radius 1 is 0.889 bits per heavy atom. The first-order valence-corrected chi connectivity index (χ1v) is 13.5. The van der Waals surface area contributed by atoms with Crippen molar-refractivity contribution in [2.45, 2.75) is 68.2 Å². The number of carbonyl (C=O) groups is 2. The van der Waals surface area contributed by atoms with Crippen LogP contribution in [0.1, 0.15) is 63.1 Å². The number of carboxylic acid groups (broad SMARTS) is 1. The van der Waals surface area contributed by atoms with Crippen molar-refractivity contribution < 1.29 is 14.7 Å². The molecule has 190 valence electrons. The molecule has 1 unspecified atom stereocenters. The molecule has 2 amide bonds. The molecule has 3 aromatic rings. The SMILES string of the molecule is CCCCCCCNC(=O)N(c1cccc(Sc2ccc(CC(=O)O)cc2)c1)C(C)c1ccccc1. The van der Waals surface area contributed by atoms with Crippen LogP contribution in [0.2, 0.25) is 0 Å². The second kappa shape index (κ2) is 14.3. The molecule has 0 aromatic heterocycles. The zero-order valence-corrected chi connectivity index (χ0v) is 22.0. The van der Waals surface area contributed by atoms with Crippen LogP contribution in [0.3, 0.4) is 0 Å². The van der Waals surface area contributed by atoms with Crippen LogP contribution < -0.4 is 10.2 Å². The fourth-order valence-corrected chi connectivity index (χ4v) is 4.96. The summed E-state index contributed by atoms with van der Waals surface area (Å²) in [5.74, 6) is -0.838. The number of rotatable bonds is 13. The molecule has 0 aliphatic heterocycles. The Morgan fingerprint density at radius 3 is 2.31 bits per heavy atom. The van der Waals surface area contributed by atoms with E-state index < -0.39 is 5.97 Å². The average Bonchev–Trinajstić information content (AvgIpc) is 2.88. The fraction of sp³-hybridized carbons (Fsp3) is 0.333. The molecular formula is C30H36N2O3S. The molecule has 0 fully saturated rings. The Morgan fingerprint density at radius 2 is 1.61 bits per heavy atom. The number of nitrogens with one attached hydrogen (secondary N) is 1. The second-order valence-corrected chi connectivity index (χ2v) is 10.1. The zero-order valence-electron chi connectivity index (χ0n) is 21.2. The van der Waals surface area contributed by atoms with Crippen LogP contribution in [0.15, 0.2) is 88.7 Å². The Kier molecular flexibility index (Phi) is 10.9. The highest BCUT2D eigenvalue weighted by Crippen LogP contribution is 2.33. The van der Waals surface area contributed by atoms with Gasteiger partial charge in [-0.2, -0.15) is 0 Å². The summed E-state index contributed by atoms with van der Waals surface area (Å²) in [6.07, 6.45) is 5.76. The topological polar surface area (TPSA) is 69.6 Å². The minimum absolute atomic E-state index is 0.0144. The summed E-state index contributed by atoms with van der Waals surface area (Å²) < 4.78 is 0. The molecule has 3 aromatic carbocycles. The zero-order chi connectivity index (χ0) is 25.8. The van der Waals surface area contributed by atoms with Crippen molar-refractivity contribution in [3.63, 3.8) is 0 Å². The van der Waals surface area contributed by atoms with Gasteiger partial charge < -0.3 is 10.4 Å². The highest BCUT2D eigenvalue weighted by atomic mass is 32.2. The molecule has 2 N–H and O–H groups in total. The number of anilines is 1. The predicted molar refractivity (Wildman–Crippen MR) is 148 cm³/mol. The first-order chi connectivity index (χ1) is 17.5. The van der Waals surface area contributed by atoms with Gasteiger partial charge in [0.15, 0.2) is 0 Å². The third kappa shape index (κ3) is 8.45. The van der Waals surface area contributed by atoms with Crippen molar-refractivity contribution in [2.75, 3.05) is 11.4 Å². The summed E-state index contributed by atoms with van der Waals surface area (Å²) in [7, 11) is 0. The van der Waals surface area contributed by atoms with E-state index in [-0.39, 0.29) is 18.5 Å². The monoisotopic (exact) mass is 504 g/mol. The van der Waals surface area contributed by atoms with Crippen molar-refractivity contribution in [3.8, 4) is 0 Å². The first-order valence-electron chi connectivity index (χ1n) is 12.7. The van der Waals surface area contributed by atoms with E-state index in [1.165, 1.54) is 19.3 Å². The summed E-state index contributed by atoms with van der Waals surface area (Å²) in [5.41, 5.74) is 2.68. The molecule has 0 bridgehead atoms. The third-order valence-corrected chi connectivity index (χ3v) is 7.05. The second-order valence-electron chi connectivity index (χ2n) is 8.92. The van der Waals surface area contributed by atoms with E-state index in [0.29, 0.717) is 6.54 Å². The number of benzene rings is 3. The Labute approximate surface area is 218 Å². The molecule has 0 aliphatic rings. The van der Waals surface area contributed by atoms with Gasteiger partial charge in [0.2, 0.25) is 0 Å². The Hall–Kier alpha value is -3.25. The van der Waals surface area contributed by atoms with Gasteiger partial charge in [-0.3, -0.25) is 9.69 Å². The van der Waals surface area contributed by atoms with Crippen molar-refractivity contribution >= 4 is 29.4 Å². The molecule has 1 atom stereocenters. The van der Waals surface area contributed by atoms with Gasteiger partial charge in [-0.05, 0) is 54.8 Å². The van der Waals surface area contributed by atoms with E-state index in [2.05, 4.69) is 19.2 Å². The first kappa shape index (κ1) is 27.3. The van der Waals surface area contributed by atoms with Gasteiger partial charge >= 0.3 is 12.0 Å². The van der Waals surface area contributed by atoms with Gasteiger partial charge in [-0.15, -0.1) is 0 Å². The smallest absolute Gasteiger partial charge is 0.322 e. The van der Waals surface area contributed by atoms with Crippen molar-refractivity contribution in [2.24, 2.45) is 0 Å². The number of unbranched alkanes of at least 4 members (excludes halogenated alkanes) is 4. The summed E-state index contributed by atoms with van der Waals surface area (Å²) in [6.45, 7) is 4.92. The molecule has 6 heteroatoms. The van der Waals surface area contributed by atoms with Crippen molar-refractivity contribution in [3.05, 3.63) is 90.0 Å².